The van der Waals surface area contributed by atoms with Gasteiger partial charge in [-0.05, 0) is 59.9 Å². The van der Waals surface area contributed by atoms with Crippen molar-refractivity contribution in [3.8, 4) is 28.4 Å². The number of fused-ring (bicyclic) bond motifs is 3. The second kappa shape index (κ2) is 9.24. The Morgan fingerprint density at radius 3 is 2.18 bits per heavy atom. The fourth-order valence-electron chi connectivity index (χ4n) is 4.01. The minimum absolute atomic E-state index is 0.290. The van der Waals surface area contributed by atoms with Gasteiger partial charge in [-0.1, -0.05) is 30.3 Å². The van der Waals surface area contributed by atoms with E-state index in [4.69, 9.17) is 14.2 Å². The van der Waals surface area contributed by atoms with Crippen molar-refractivity contribution in [1.82, 2.24) is 5.32 Å². The van der Waals surface area contributed by atoms with Crippen LogP contribution in [0.5, 0.6) is 17.2 Å². The number of carbonyl (C=O) groups is 2. The molecule has 0 fully saturated rings. The van der Waals surface area contributed by atoms with Crippen LogP contribution < -0.4 is 24.8 Å². The number of amides is 2. The molecule has 1 atom stereocenters. The van der Waals surface area contributed by atoms with Crippen molar-refractivity contribution >= 4 is 17.5 Å². The van der Waals surface area contributed by atoms with Crippen LogP contribution in [0.15, 0.2) is 54.6 Å². The highest BCUT2D eigenvalue weighted by atomic mass is 16.5. The largest absolute Gasteiger partial charge is 0.493 e. The number of ether oxygens (including phenoxy) is 3. The number of benzene rings is 3. The van der Waals surface area contributed by atoms with Gasteiger partial charge in [0.05, 0.1) is 21.3 Å². The second-order valence-corrected chi connectivity index (χ2v) is 7.80. The van der Waals surface area contributed by atoms with E-state index in [9.17, 15) is 9.59 Å². The van der Waals surface area contributed by atoms with Gasteiger partial charge in [0, 0.05) is 11.3 Å². The van der Waals surface area contributed by atoms with Crippen LogP contribution in [-0.4, -0.2) is 39.2 Å². The van der Waals surface area contributed by atoms with Crippen molar-refractivity contribution in [3.63, 3.8) is 0 Å². The SMILES string of the molecule is COc1cc(C(=O)N[C@@H](C)C(=O)Nc2ccc3c(c2)-c2ccccc2C3)cc(OC)c1OC. The molecule has 0 bridgehead atoms. The van der Waals surface area contributed by atoms with E-state index in [1.165, 1.54) is 38.0 Å². The third-order valence-electron chi connectivity index (χ3n) is 5.73. The van der Waals surface area contributed by atoms with Crippen molar-refractivity contribution < 1.29 is 23.8 Å². The van der Waals surface area contributed by atoms with E-state index in [1.807, 2.05) is 30.3 Å². The summed E-state index contributed by atoms with van der Waals surface area (Å²) in [5, 5.41) is 5.62. The van der Waals surface area contributed by atoms with E-state index in [0.29, 0.717) is 28.5 Å². The van der Waals surface area contributed by atoms with Crippen LogP contribution in [0.2, 0.25) is 0 Å². The predicted octanol–water partition coefficient (Wildman–Crippen LogP) is 4.04. The lowest BCUT2D eigenvalue weighted by Gasteiger charge is -2.17. The van der Waals surface area contributed by atoms with E-state index < -0.39 is 11.9 Å². The quantitative estimate of drug-likeness (QED) is 0.448. The van der Waals surface area contributed by atoms with Crippen molar-refractivity contribution in [2.45, 2.75) is 19.4 Å². The Labute approximate surface area is 192 Å². The molecule has 3 aromatic rings. The molecule has 0 saturated heterocycles. The first-order chi connectivity index (χ1) is 15.9. The van der Waals surface area contributed by atoms with Crippen LogP contribution in [0.25, 0.3) is 11.1 Å². The number of methoxy groups -OCH3 is 3. The van der Waals surface area contributed by atoms with Gasteiger partial charge in [-0.3, -0.25) is 9.59 Å². The van der Waals surface area contributed by atoms with Gasteiger partial charge >= 0.3 is 0 Å². The van der Waals surface area contributed by atoms with E-state index in [2.05, 4.69) is 22.8 Å². The first-order valence-corrected chi connectivity index (χ1v) is 10.6. The number of hydrogen-bond acceptors (Lipinski definition) is 5. The third-order valence-corrected chi connectivity index (χ3v) is 5.73. The maximum absolute atomic E-state index is 12.8. The molecule has 0 unspecified atom stereocenters. The van der Waals surface area contributed by atoms with E-state index in [0.717, 1.165) is 12.0 Å². The molecule has 3 aromatic carbocycles. The monoisotopic (exact) mass is 446 g/mol. The maximum atomic E-state index is 12.8. The maximum Gasteiger partial charge on any atom is 0.252 e. The molecule has 170 valence electrons. The molecule has 1 aliphatic carbocycles. The Morgan fingerprint density at radius 2 is 1.52 bits per heavy atom. The minimum Gasteiger partial charge on any atom is -0.493 e. The Bertz CT molecular complexity index is 1200. The van der Waals surface area contributed by atoms with Crippen LogP contribution in [0.1, 0.15) is 28.4 Å². The highest BCUT2D eigenvalue weighted by molar-refractivity contribution is 6.02. The summed E-state index contributed by atoms with van der Waals surface area (Å²) >= 11 is 0. The molecule has 0 radical (unpaired) electrons. The summed E-state index contributed by atoms with van der Waals surface area (Å²) in [7, 11) is 4.44. The van der Waals surface area contributed by atoms with Crippen LogP contribution in [-0.2, 0) is 11.2 Å². The van der Waals surface area contributed by atoms with Crippen molar-refractivity contribution in [3.05, 3.63) is 71.3 Å². The lowest BCUT2D eigenvalue weighted by molar-refractivity contribution is -0.117. The molecule has 33 heavy (non-hydrogen) atoms. The molecule has 2 amide bonds. The Kier molecular flexibility index (Phi) is 6.22. The number of anilines is 1. The van der Waals surface area contributed by atoms with E-state index in [-0.39, 0.29) is 5.91 Å². The lowest BCUT2D eigenvalue weighted by atomic mass is 10.1. The summed E-state index contributed by atoms with van der Waals surface area (Å²) in [6.07, 6.45) is 0.890. The van der Waals surface area contributed by atoms with Crippen molar-refractivity contribution in [1.29, 1.82) is 0 Å². The van der Waals surface area contributed by atoms with Crippen LogP contribution in [0.3, 0.4) is 0 Å². The highest BCUT2D eigenvalue weighted by Crippen LogP contribution is 2.39. The summed E-state index contributed by atoms with van der Waals surface area (Å²) in [6, 6.07) is 16.5. The average Bonchev–Trinajstić information content (AvgIpc) is 3.20. The first-order valence-electron chi connectivity index (χ1n) is 10.6. The van der Waals surface area contributed by atoms with Gasteiger partial charge in [-0.2, -0.15) is 0 Å². The molecule has 0 aliphatic heterocycles. The predicted molar refractivity (Wildman–Crippen MR) is 126 cm³/mol. The van der Waals surface area contributed by atoms with Crippen molar-refractivity contribution in [2.75, 3.05) is 26.6 Å². The molecule has 4 rings (SSSR count). The van der Waals surface area contributed by atoms with Gasteiger partial charge in [0.2, 0.25) is 11.7 Å². The molecule has 0 aromatic heterocycles. The summed E-state index contributed by atoms with van der Waals surface area (Å²) in [5.74, 6) is 0.359. The zero-order chi connectivity index (χ0) is 23.5. The van der Waals surface area contributed by atoms with Crippen molar-refractivity contribution in [2.24, 2.45) is 0 Å². The van der Waals surface area contributed by atoms with Gasteiger partial charge in [0.1, 0.15) is 6.04 Å². The van der Waals surface area contributed by atoms with Crippen LogP contribution in [0.4, 0.5) is 5.69 Å². The van der Waals surface area contributed by atoms with E-state index >= 15 is 0 Å². The molecule has 7 nitrogen and oxygen atoms in total. The molecule has 0 spiro atoms. The average molecular weight is 447 g/mol. The standard InChI is InChI=1S/C26H26N2O5/c1-15(27-26(30)18-12-22(31-2)24(33-4)23(13-18)32-3)25(29)28-19-10-9-17-11-16-7-5-6-8-20(16)21(17)14-19/h5-10,12-15H,11H2,1-4H3,(H,27,30)(H,28,29)/t15-/m0/s1. The molecule has 7 heteroatoms. The topological polar surface area (TPSA) is 85.9 Å². The molecule has 1 aliphatic rings. The minimum atomic E-state index is -0.767. The smallest absolute Gasteiger partial charge is 0.252 e. The molecular formula is C26H26N2O5. The summed E-state index contributed by atoms with van der Waals surface area (Å²) < 4.78 is 15.9. The summed E-state index contributed by atoms with van der Waals surface area (Å²) in [6.45, 7) is 1.63. The van der Waals surface area contributed by atoms with Gasteiger partial charge in [0.25, 0.3) is 5.91 Å². The fourth-order valence-corrected chi connectivity index (χ4v) is 4.01. The molecule has 2 N–H and O–H groups in total. The molecule has 0 heterocycles. The number of rotatable bonds is 7. The van der Waals surface area contributed by atoms with Crippen LogP contribution >= 0.6 is 0 Å². The molecule has 0 saturated carbocycles. The summed E-state index contributed by atoms with van der Waals surface area (Å²) in [4.78, 5) is 25.6. The highest BCUT2D eigenvalue weighted by Gasteiger charge is 2.22. The van der Waals surface area contributed by atoms with Gasteiger partial charge in [-0.15, -0.1) is 0 Å². The third kappa shape index (κ3) is 4.35. The number of carbonyl (C=O) groups excluding carboxylic acids is 2. The Balaban J connectivity index is 1.46. The van der Waals surface area contributed by atoms with E-state index in [1.54, 1.807) is 19.1 Å². The van der Waals surface area contributed by atoms with Crippen LogP contribution in [0, 0.1) is 0 Å². The number of hydrogen-bond donors (Lipinski definition) is 2. The second-order valence-electron chi connectivity index (χ2n) is 7.80. The Hall–Kier alpha value is -4.00. The lowest BCUT2D eigenvalue weighted by Crippen LogP contribution is -2.41. The zero-order valence-electron chi connectivity index (χ0n) is 19.0. The molecular weight excluding hydrogens is 420 g/mol. The van der Waals surface area contributed by atoms with Gasteiger partial charge < -0.3 is 24.8 Å². The first kappa shape index (κ1) is 22.2. The van der Waals surface area contributed by atoms with Gasteiger partial charge in [0.15, 0.2) is 11.5 Å². The zero-order valence-corrected chi connectivity index (χ0v) is 19.0. The number of nitrogens with one attached hydrogen (secondary N) is 2. The normalized spacial score (nSPS) is 12.2. The summed E-state index contributed by atoms with van der Waals surface area (Å²) in [5.41, 5.74) is 5.80. The Morgan fingerprint density at radius 1 is 0.848 bits per heavy atom. The fraction of sp³-hybridized carbons (Fsp3) is 0.231. The van der Waals surface area contributed by atoms with Gasteiger partial charge in [-0.25, -0.2) is 0 Å².